The van der Waals surface area contributed by atoms with E-state index < -0.39 is 6.04 Å². The van der Waals surface area contributed by atoms with E-state index in [0.717, 1.165) is 16.3 Å². The lowest BCUT2D eigenvalue weighted by molar-refractivity contribution is -0.127. The fourth-order valence-electron chi connectivity index (χ4n) is 3.57. The van der Waals surface area contributed by atoms with Gasteiger partial charge in [-0.05, 0) is 41.3 Å². The third kappa shape index (κ3) is 7.07. The minimum absolute atomic E-state index is 0.106. The maximum atomic E-state index is 12.9. The van der Waals surface area contributed by atoms with Crippen LogP contribution in [0.3, 0.4) is 0 Å². The summed E-state index contributed by atoms with van der Waals surface area (Å²) in [6, 6.07) is 20.0. The third-order valence-corrected chi connectivity index (χ3v) is 5.29. The first-order valence-corrected chi connectivity index (χ1v) is 11.4. The van der Waals surface area contributed by atoms with Crippen LogP contribution in [0.25, 0.3) is 10.8 Å². The second-order valence-electron chi connectivity index (χ2n) is 8.41. The molecule has 1 atom stereocenters. The summed E-state index contributed by atoms with van der Waals surface area (Å²) in [6.45, 7) is 6.02. The second-order valence-corrected chi connectivity index (χ2v) is 8.41. The van der Waals surface area contributed by atoms with E-state index in [1.165, 1.54) is 0 Å². The van der Waals surface area contributed by atoms with Gasteiger partial charge in [0.1, 0.15) is 11.8 Å². The number of amides is 3. The number of anilines is 1. The van der Waals surface area contributed by atoms with Crippen LogP contribution in [0.1, 0.15) is 26.3 Å². The van der Waals surface area contributed by atoms with Crippen molar-refractivity contribution in [1.82, 2.24) is 10.6 Å². The molecule has 0 aromatic heterocycles. The molecule has 0 saturated carbocycles. The molecular weight excluding hydrogens is 430 g/mol. The van der Waals surface area contributed by atoms with Gasteiger partial charge >= 0.3 is 0 Å². The summed E-state index contributed by atoms with van der Waals surface area (Å²) < 4.78 is 5.48. The summed E-state index contributed by atoms with van der Waals surface area (Å²) in [7, 11) is 0. The van der Waals surface area contributed by atoms with Crippen LogP contribution in [0.5, 0.6) is 5.75 Å². The quantitative estimate of drug-likeness (QED) is 0.429. The summed E-state index contributed by atoms with van der Waals surface area (Å²) in [5.41, 5.74) is 1.41. The van der Waals surface area contributed by atoms with Crippen molar-refractivity contribution in [1.29, 1.82) is 0 Å². The Morgan fingerprint density at radius 3 is 2.38 bits per heavy atom. The van der Waals surface area contributed by atoms with Crippen molar-refractivity contribution in [2.45, 2.75) is 33.2 Å². The molecular formula is C27H31N3O4. The Morgan fingerprint density at radius 2 is 1.65 bits per heavy atom. The molecule has 0 aliphatic heterocycles. The average Bonchev–Trinajstić information content (AvgIpc) is 2.81. The number of hydrogen-bond donors (Lipinski definition) is 3. The van der Waals surface area contributed by atoms with Gasteiger partial charge in [0.25, 0.3) is 5.91 Å². The summed E-state index contributed by atoms with van der Waals surface area (Å²) in [5, 5.41) is 10.5. The van der Waals surface area contributed by atoms with Crippen LogP contribution in [0.4, 0.5) is 5.69 Å². The molecule has 7 heteroatoms. The van der Waals surface area contributed by atoms with Crippen LogP contribution < -0.4 is 20.7 Å². The Labute approximate surface area is 199 Å². The van der Waals surface area contributed by atoms with Crippen molar-refractivity contribution >= 4 is 34.2 Å². The zero-order chi connectivity index (χ0) is 24.5. The van der Waals surface area contributed by atoms with E-state index in [1.54, 1.807) is 24.3 Å². The lowest BCUT2D eigenvalue weighted by atomic mass is 10.0. The molecule has 0 aliphatic rings. The lowest BCUT2D eigenvalue weighted by Gasteiger charge is -2.22. The standard InChI is InChI=1S/C27H31N3O4/c1-4-28-25(32)17-34-23-11-7-10-22(16-23)29-27(33)26(18(2)3)30-24(31)15-19-12-13-20-8-5-6-9-21(20)14-19/h5-14,16,18,26H,4,15,17H2,1-3H3,(H,28,32)(H,29,33)(H,30,31). The molecule has 0 bridgehead atoms. The van der Waals surface area contributed by atoms with Crippen LogP contribution >= 0.6 is 0 Å². The summed E-state index contributed by atoms with van der Waals surface area (Å²) in [5.74, 6) is -0.403. The maximum absolute atomic E-state index is 12.9. The van der Waals surface area contributed by atoms with Crippen LogP contribution in [0.15, 0.2) is 66.7 Å². The fraction of sp³-hybridized carbons (Fsp3) is 0.296. The molecule has 0 fully saturated rings. The molecule has 178 valence electrons. The van der Waals surface area contributed by atoms with Gasteiger partial charge in [-0.1, -0.05) is 62.4 Å². The van der Waals surface area contributed by atoms with Gasteiger partial charge in [0.05, 0.1) is 6.42 Å². The van der Waals surface area contributed by atoms with Gasteiger partial charge in [0, 0.05) is 18.3 Å². The molecule has 7 nitrogen and oxygen atoms in total. The van der Waals surface area contributed by atoms with E-state index in [4.69, 9.17) is 4.74 Å². The highest BCUT2D eigenvalue weighted by Gasteiger charge is 2.24. The Kier molecular flexibility index (Phi) is 8.62. The summed E-state index contributed by atoms with van der Waals surface area (Å²) in [4.78, 5) is 37.3. The topological polar surface area (TPSA) is 96.5 Å². The monoisotopic (exact) mass is 461 g/mol. The van der Waals surface area contributed by atoms with Crippen LogP contribution in [-0.2, 0) is 20.8 Å². The lowest BCUT2D eigenvalue weighted by Crippen LogP contribution is -2.47. The predicted octanol–water partition coefficient (Wildman–Crippen LogP) is 3.68. The normalized spacial score (nSPS) is 11.6. The van der Waals surface area contributed by atoms with Crippen molar-refractivity contribution < 1.29 is 19.1 Å². The number of nitrogens with one attached hydrogen (secondary N) is 3. The molecule has 0 radical (unpaired) electrons. The smallest absolute Gasteiger partial charge is 0.257 e. The van der Waals surface area contributed by atoms with Crippen LogP contribution in [0, 0.1) is 5.92 Å². The number of hydrogen-bond acceptors (Lipinski definition) is 4. The molecule has 0 heterocycles. The first-order chi connectivity index (χ1) is 16.4. The van der Waals surface area contributed by atoms with E-state index in [1.807, 2.05) is 63.2 Å². The fourth-order valence-corrected chi connectivity index (χ4v) is 3.57. The van der Waals surface area contributed by atoms with E-state index in [0.29, 0.717) is 18.0 Å². The SMILES string of the molecule is CCNC(=O)COc1cccc(NC(=O)C(NC(=O)Cc2ccc3ccccc3c2)C(C)C)c1. The maximum Gasteiger partial charge on any atom is 0.257 e. The zero-order valence-corrected chi connectivity index (χ0v) is 19.8. The van der Waals surface area contributed by atoms with Crippen LogP contribution in [-0.4, -0.2) is 36.9 Å². The summed E-state index contributed by atoms with van der Waals surface area (Å²) >= 11 is 0. The van der Waals surface area contributed by atoms with E-state index in [2.05, 4.69) is 16.0 Å². The van der Waals surface area contributed by atoms with Crippen molar-refractivity contribution in [3.63, 3.8) is 0 Å². The van der Waals surface area contributed by atoms with Crippen molar-refractivity contribution in [2.75, 3.05) is 18.5 Å². The molecule has 3 aromatic carbocycles. The first kappa shape index (κ1) is 24.8. The molecule has 0 spiro atoms. The van der Waals surface area contributed by atoms with E-state index >= 15 is 0 Å². The van der Waals surface area contributed by atoms with E-state index in [-0.39, 0.29) is 36.7 Å². The molecule has 3 aromatic rings. The minimum atomic E-state index is -0.701. The number of rotatable bonds is 10. The second kappa shape index (κ2) is 11.8. The number of benzene rings is 3. The molecule has 34 heavy (non-hydrogen) atoms. The highest BCUT2D eigenvalue weighted by atomic mass is 16.5. The van der Waals surface area contributed by atoms with Gasteiger partial charge in [-0.15, -0.1) is 0 Å². The number of fused-ring (bicyclic) bond motifs is 1. The Morgan fingerprint density at radius 1 is 0.882 bits per heavy atom. The van der Waals surface area contributed by atoms with E-state index in [9.17, 15) is 14.4 Å². The van der Waals surface area contributed by atoms with Gasteiger partial charge in [-0.25, -0.2) is 0 Å². The average molecular weight is 462 g/mol. The number of ether oxygens (including phenoxy) is 1. The molecule has 3 N–H and O–H groups in total. The molecule has 3 amide bonds. The molecule has 0 saturated heterocycles. The van der Waals surface area contributed by atoms with Gasteiger partial charge in [-0.3, -0.25) is 14.4 Å². The Bertz CT molecular complexity index is 1160. The first-order valence-electron chi connectivity index (χ1n) is 11.4. The summed E-state index contributed by atoms with van der Waals surface area (Å²) in [6.07, 6.45) is 0.185. The largest absolute Gasteiger partial charge is 0.484 e. The van der Waals surface area contributed by atoms with Gasteiger partial charge in [0.15, 0.2) is 6.61 Å². The predicted molar refractivity (Wildman–Crippen MR) is 134 cm³/mol. The zero-order valence-electron chi connectivity index (χ0n) is 19.8. The van der Waals surface area contributed by atoms with Gasteiger partial charge in [0.2, 0.25) is 11.8 Å². The number of likely N-dealkylation sites (N-methyl/N-ethyl adjacent to an activating group) is 1. The highest BCUT2D eigenvalue weighted by molar-refractivity contribution is 5.98. The Balaban J connectivity index is 1.60. The number of carbonyl (C=O) groups is 3. The van der Waals surface area contributed by atoms with Crippen molar-refractivity contribution in [3.05, 3.63) is 72.3 Å². The molecule has 0 aliphatic carbocycles. The third-order valence-electron chi connectivity index (χ3n) is 5.29. The molecule has 3 rings (SSSR count). The van der Waals surface area contributed by atoms with Gasteiger partial charge in [-0.2, -0.15) is 0 Å². The Hall–Kier alpha value is -3.87. The highest BCUT2D eigenvalue weighted by Crippen LogP contribution is 2.19. The van der Waals surface area contributed by atoms with Crippen molar-refractivity contribution in [2.24, 2.45) is 5.92 Å². The van der Waals surface area contributed by atoms with Crippen LogP contribution in [0.2, 0.25) is 0 Å². The minimum Gasteiger partial charge on any atom is -0.484 e. The van der Waals surface area contributed by atoms with Crippen molar-refractivity contribution in [3.8, 4) is 5.75 Å². The molecule has 1 unspecified atom stereocenters. The number of carbonyl (C=O) groups excluding carboxylic acids is 3. The van der Waals surface area contributed by atoms with Gasteiger partial charge < -0.3 is 20.7 Å².